The van der Waals surface area contributed by atoms with E-state index < -0.39 is 5.97 Å². The predicted molar refractivity (Wildman–Crippen MR) is 115 cm³/mol. The number of ether oxygens (including phenoxy) is 1. The molecule has 0 aromatic heterocycles. The molecular formula is C26H25NO2. The van der Waals surface area contributed by atoms with Gasteiger partial charge in [0.2, 0.25) is 0 Å². The second kappa shape index (κ2) is 10.2. The van der Waals surface area contributed by atoms with Crippen LogP contribution >= 0.6 is 0 Å². The van der Waals surface area contributed by atoms with Crippen LogP contribution in [0.1, 0.15) is 53.2 Å². The average Bonchev–Trinajstić information content (AvgIpc) is 2.78. The summed E-state index contributed by atoms with van der Waals surface area (Å²) in [5.41, 5.74) is 4.77. The van der Waals surface area contributed by atoms with Crippen LogP contribution in [0.4, 0.5) is 0 Å². The molecule has 0 bridgehead atoms. The molecule has 0 radical (unpaired) electrons. The van der Waals surface area contributed by atoms with E-state index in [-0.39, 0.29) is 6.61 Å². The van der Waals surface area contributed by atoms with E-state index in [1.807, 2.05) is 36.4 Å². The summed E-state index contributed by atoms with van der Waals surface area (Å²) in [4.78, 5) is 12.6. The third kappa shape index (κ3) is 5.56. The molecule has 0 amide bonds. The molecule has 0 aliphatic rings. The SMILES string of the molecule is CCCCCc1ccc(-c2ccc(C#N)c(C(=O)OCc3ccccc3)c2)cc1. The first kappa shape index (κ1) is 20.4. The minimum Gasteiger partial charge on any atom is -0.457 e. The van der Waals surface area contributed by atoms with Crippen LogP contribution in [0, 0.1) is 11.3 Å². The molecule has 29 heavy (non-hydrogen) atoms. The molecule has 0 saturated carbocycles. The summed E-state index contributed by atoms with van der Waals surface area (Å²) in [5, 5.41) is 9.40. The molecular weight excluding hydrogens is 358 g/mol. The number of esters is 1. The second-order valence-electron chi connectivity index (χ2n) is 7.09. The molecule has 0 fully saturated rings. The Hall–Kier alpha value is -3.38. The lowest BCUT2D eigenvalue weighted by atomic mass is 9.98. The van der Waals surface area contributed by atoms with E-state index in [4.69, 9.17) is 4.74 Å². The van der Waals surface area contributed by atoms with Crippen molar-refractivity contribution in [2.24, 2.45) is 0 Å². The Morgan fingerprint density at radius 2 is 1.62 bits per heavy atom. The van der Waals surface area contributed by atoms with Crippen LogP contribution < -0.4 is 0 Å². The molecule has 0 aliphatic carbocycles. The Balaban J connectivity index is 1.76. The number of rotatable bonds is 8. The number of carbonyl (C=O) groups is 1. The number of hydrogen-bond acceptors (Lipinski definition) is 3. The highest BCUT2D eigenvalue weighted by atomic mass is 16.5. The first-order valence-corrected chi connectivity index (χ1v) is 10.1. The third-order valence-corrected chi connectivity index (χ3v) is 4.93. The monoisotopic (exact) mass is 383 g/mol. The van der Waals surface area contributed by atoms with Gasteiger partial charge in [-0.2, -0.15) is 5.26 Å². The molecule has 0 aliphatic heterocycles. The Kier molecular flexibility index (Phi) is 7.19. The van der Waals surface area contributed by atoms with E-state index in [1.54, 1.807) is 12.1 Å². The number of hydrogen-bond donors (Lipinski definition) is 0. The van der Waals surface area contributed by atoms with E-state index in [9.17, 15) is 10.1 Å². The quantitative estimate of drug-likeness (QED) is 0.338. The van der Waals surface area contributed by atoms with Crippen molar-refractivity contribution in [3.05, 3.63) is 95.1 Å². The zero-order chi connectivity index (χ0) is 20.5. The number of unbranched alkanes of at least 4 members (excludes halogenated alkanes) is 2. The number of nitrogens with zero attached hydrogens (tertiary/aromatic N) is 1. The summed E-state index contributed by atoms with van der Waals surface area (Å²) in [5.74, 6) is -0.483. The summed E-state index contributed by atoms with van der Waals surface area (Å²) in [6.45, 7) is 2.39. The smallest absolute Gasteiger partial charge is 0.339 e. The molecule has 3 rings (SSSR count). The third-order valence-electron chi connectivity index (χ3n) is 4.93. The van der Waals surface area contributed by atoms with Crippen molar-refractivity contribution in [1.29, 1.82) is 5.26 Å². The van der Waals surface area contributed by atoms with E-state index in [0.29, 0.717) is 11.1 Å². The van der Waals surface area contributed by atoms with Gasteiger partial charge in [-0.05, 0) is 47.2 Å². The summed E-state index contributed by atoms with van der Waals surface area (Å²) < 4.78 is 5.43. The lowest BCUT2D eigenvalue weighted by molar-refractivity contribution is 0.0472. The van der Waals surface area contributed by atoms with Gasteiger partial charge in [-0.25, -0.2) is 4.79 Å². The van der Waals surface area contributed by atoms with Gasteiger partial charge in [0.25, 0.3) is 0 Å². The molecule has 0 atom stereocenters. The van der Waals surface area contributed by atoms with Crippen LogP contribution in [0.5, 0.6) is 0 Å². The summed E-state index contributed by atoms with van der Waals surface area (Å²) in [6.07, 6.45) is 4.74. The van der Waals surface area contributed by atoms with Crippen LogP contribution in [0.15, 0.2) is 72.8 Å². The standard InChI is InChI=1S/C26H25NO2/c1-2-3-5-8-20-11-13-22(14-12-20)23-15-16-24(18-27)25(17-23)26(28)29-19-21-9-6-4-7-10-21/h4,6-7,9-17H,2-3,5,8,19H2,1H3. The van der Waals surface area contributed by atoms with Crippen molar-refractivity contribution in [3.63, 3.8) is 0 Å². The Morgan fingerprint density at radius 1 is 0.897 bits per heavy atom. The number of nitriles is 1. The van der Waals surface area contributed by atoms with Gasteiger partial charge in [0.1, 0.15) is 12.7 Å². The highest BCUT2D eigenvalue weighted by Gasteiger charge is 2.15. The molecule has 0 saturated heterocycles. The zero-order valence-electron chi connectivity index (χ0n) is 16.7. The Morgan fingerprint density at radius 3 is 2.31 bits per heavy atom. The van der Waals surface area contributed by atoms with Crippen LogP contribution in [0.2, 0.25) is 0 Å². The molecule has 0 heterocycles. The molecule has 0 spiro atoms. The average molecular weight is 383 g/mol. The van der Waals surface area contributed by atoms with Gasteiger partial charge in [0.15, 0.2) is 0 Å². The summed E-state index contributed by atoms with van der Waals surface area (Å²) >= 11 is 0. The molecule has 0 N–H and O–H groups in total. The van der Waals surface area contributed by atoms with Gasteiger partial charge < -0.3 is 4.74 Å². The molecule has 0 unspecified atom stereocenters. The van der Waals surface area contributed by atoms with Gasteiger partial charge in [0, 0.05) is 0 Å². The fourth-order valence-corrected chi connectivity index (χ4v) is 3.23. The molecule has 3 heteroatoms. The largest absolute Gasteiger partial charge is 0.457 e. The maximum atomic E-state index is 12.6. The summed E-state index contributed by atoms with van der Waals surface area (Å²) in [7, 11) is 0. The fourth-order valence-electron chi connectivity index (χ4n) is 3.23. The molecule has 3 nitrogen and oxygen atoms in total. The van der Waals surface area contributed by atoms with Crippen molar-refractivity contribution in [2.75, 3.05) is 0 Å². The maximum absolute atomic E-state index is 12.6. The van der Waals surface area contributed by atoms with Crippen molar-refractivity contribution in [3.8, 4) is 17.2 Å². The zero-order valence-corrected chi connectivity index (χ0v) is 16.7. The van der Waals surface area contributed by atoms with Crippen LogP contribution in [0.25, 0.3) is 11.1 Å². The highest BCUT2D eigenvalue weighted by molar-refractivity contribution is 5.93. The van der Waals surface area contributed by atoms with E-state index >= 15 is 0 Å². The van der Waals surface area contributed by atoms with Crippen molar-refractivity contribution < 1.29 is 9.53 Å². The van der Waals surface area contributed by atoms with Crippen molar-refractivity contribution >= 4 is 5.97 Å². The Bertz CT molecular complexity index is 985. The Labute approximate surface area is 172 Å². The van der Waals surface area contributed by atoms with Gasteiger partial charge in [-0.3, -0.25) is 0 Å². The normalized spacial score (nSPS) is 10.3. The highest BCUT2D eigenvalue weighted by Crippen LogP contribution is 2.24. The number of aryl methyl sites for hydroxylation is 1. The minimum absolute atomic E-state index is 0.182. The van der Waals surface area contributed by atoms with Gasteiger partial charge >= 0.3 is 5.97 Å². The van der Waals surface area contributed by atoms with Crippen LogP contribution in [-0.4, -0.2) is 5.97 Å². The first-order valence-electron chi connectivity index (χ1n) is 10.1. The number of carbonyl (C=O) groups excluding carboxylic acids is 1. The summed E-state index contributed by atoms with van der Waals surface area (Å²) in [6, 6.07) is 25.3. The van der Waals surface area contributed by atoms with Gasteiger partial charge in [-0.1, -0.05) is 80.4 Å². The number of benzene rings is 3. The lowest BCUT2D eigenvalue weighted by Gasteiger charge is -2.09. The molecule has 3 aromatic carbocycles. The van der Waals surface area contributed by atoms with Gasteiger partial charge in [0.05, 0.1) is 11.1 Å². The van der Waals surface area contributed by atoms with Crippen molar-refractivity contribution in [2.45, 2.75) is 39.2 Å². The second-order valence-corrected chi connectivity index (χ2v) is 7.09. The van der Waals surface area contributed by atoms with E-state index in [2.05, 4.69) is 37.3 Å². The fraction of sp³-hybridized carbons (Fsp3) is 0.231. The topological polar surface area (TPSA) is 50.1 Å². The maximum Gasteiger partial charge on any atom is 0.339 e. The predicted octanol–water partition coefficient (Wildman–Crippen LogP) is 6.31. The van der Waals surface area contributed by atoms with Crippen molar-refractivity contribution in [1.82, 2.24) is 0 Å². The minimum atomic E-state index is -0.483. The van der Waals surface area contributed by atoms with Crippen LogP contribution in [-0.2, 0) is 17.8 Å². The first-order chi connectivity index (χ1) is 14.2. The molecule has 146 valence electrons. The molecule has 3 aromatic rings. The van der Waals surface area contributed by atoms with Gasteiger partial charge in [-0.15, -0.1) is 0 Å². The van der Waals surface area contributed by atoms with E-state index in [0.717, 1.165) is 23.1 Å². The van der Waals surface area contributed by atoms with E-state index in [1.165, 1.54) is 24.8 Å². The lowest BCUT2D eigenvalue weighted by Crippen LogP contribution is -2.07. The van der Waals surface area contributed by atoms with Crippen LogP contribution in [0.3, 0.4) is 0 Å².